The Morgan fingerprint density at radius 1 is 1.32 bits per heavy atom. The molecule has 0 bridgehead atoms. The summed E-state index contributed by atoms with van der Waals surface area (Å²) in [6.07, 6.45) is 2.98. The molecule has 1 aromatic rings. The van der Waals surface area contributed by atoms with Crippen LogP contribution in [0.4, 0.5) is 0 Å². The van der Waals surface area contributed by atoms with Gasteiger partial charge in [-0.05, 0) is 41.4 Å². The van der Waals surface area contributed by atoms with E-state index in [1.807, 2.05) is 36.0 Å². The number of rotatable bonds is 5. The van der Waals surface area contributed by atoms with Crippen LogP contribution < -0.4 is 5.32 Å². The minimum atomic E-state index is 0.0432. The van der Waals surface area contributed by atoms with Crippen LogP contribution in [0, 0.1) is 5.92 Å². The second-order valence-electron chi connectivity index (χ2n) is 5.01. The van der Waals surface area contributed by atoms with Crippen molar-refractivity contribution in [2.45, 2.75) is 32.4 Å². The van der Waals surface area contributed by atoms with Crippen LogP contribution in [0.5, 0.6) is 0 Å². The zero-order valence-corrected chi connectivity index (χ0v) is 11.9. The number of carbonyl (C=O) groups is 1. The quantitative estimate of drug-likeness (QED) is 0.869. The number of hydrogen-bond donors (Lipinski definition) is 2. The van der Waals surface area contributed by atoms with Gasteiger partial charge in [-0.1, -0.05) is 24.3 Å². The van der Waals surface area contributed by atoms with Crippen molar-refractivity contribution in [3.8, 4) is 0 Å². The SMILES string of the molecule is O=C(CC1CCSCC1)NCc1cccc(CO)c1. The van der Waals surface area contributed by atoms with Crippen molar-refractivity contribution in [3.63, 3.8) is 0 Å². The summed E-state index contributed by atoms with van der Waals surface area (Å²) >= 11 is 1.98. The summed E-state index contributed by atoms with van der Waals surface area (Å²) in [7, 11) is 0. The highest BCUT2D eigenvalue weighted by Gasteiger charge is 2.16. The Balaban J connectivity index is 1.76. The Morgan fingerprint density at radius 3 is 2.79 bits per heavy atom. The minimum Gasteiger partial charge on any atom is -0.392 e. The lowest BCUT2D eigenvalue weighted by Gasteiger charge is -2.20. The monoisotopic (exact) mass is 279 g/mol. The van der Waals surface area contributed by atoms with Crippen LogP contribution in [0.25, 0.3) is 0 Å². The zero-order valence-electron chi connectivity index (χ0n) is 11.1. The molecule has 1 amide bonds. The molecular weight excluding hydrogens is 258 g/mol. The van der Waals surface area contributed by atoms with Crippen LogP contribution in [-0.4, -0.2) is 22.5 Å². The van der Waals surface area contributed by atoms with Gasteiger partial charge in [0, 0.05) is 13.0 Å². The van der Waals surface area contributed by atoms with E-state index < -0.39 is 0 Å². The molecule has 3 nitrogen and oxygen atoms in total. The fourth-order valence-corrected chi connectivity index (χ4v) is 3.53. The second-order valence-corrected chi connectivity index (χ2v) is 6.24. The molecule has 1 fully saturated rings. The van der Waals surface area contributed by atoms with Gasteiger partial charge in [0.2, 0.25) is 5.91 Å². The topological polar surface area (TPSA) is 49.3 Å². The van der Waals surface area contributed by atoms with E-state index in [4.69, 9.17) is 5.11 Å². The van der Waals surface area contributed by atoms with Gasteiger partial charge in [-0.25, -0.2) is 0 Å². The van der Waals surface area contributed by atoms with Crippen molar-refractivity contribution < 1.29 is 9.90 Å². The van der Waals surface area contributed by atoms with E-state index in [0.29, 0.717) is 18.9 Å². The maximum atomic E-state index is 11.9. The molecule has 0 radical (unpaired) electrons. The Bertz CT molecular complexity index is 416. The molecule has 0 aliphatic carbocycles. The third-order valence-electron chi connectivity index (χ3n) is 3.48. The van der Waals surface area contributed by atoms with Gasteiger partial charge in [-0.15, -0.1) is 0 Å². The van der Waals surface area contributed by atoms with Crippen molar-refractivity contribution in [2.24, 2.45) is 5.92 Å². The van der Waals surface area contributed by atoms with Gasteiger partial charge in [0.1, 0.15) is 0 Å². The summed E-state index contributed by atoms with van der Waals surface area (Å²) in [4.78, 5) is 11.9. The summed E-state index contributed by atoms with van der Waals surface area (Å²) < 4.78 is 0. The molecule has 2 N–H and O–H groups in total. The average Bonchev–Trinajstić information content (AvgIpc) is 2.46. The molecule has 1 aliphatic rings. The van der Waals surface area contributed by atoms with E-state index >= 15 is 0 Å². The van der Waals surface area contributed by atoms with Crippen LogP contribution in [-0.2, 0) is 17.9 Å². The normalized spacial score (nSPS) is 16.3. The number of nitrogens with one attached hydrogen (secondary N) is 1. The number of benzene rings is 1. The first-order valence-corrected chi connectivity index (χ1v) is 7.96. The van der Waals surface area contributed by atoms with Gasteiger partial charge in [0.25, 0.3) is 0 Å². The lowest BCUT2D eigenvalue weighted by molar-refractivity contribution is -0.122. The van der Waals surface area contributed by atoms with E-state index in [0.717, 1.165) is 24.0 Å². The van der Waals surface area contributed by atoms with Crippen molar-refractivity contribution in [3.05, 3.63) is 35.4 Å². The molecule has 1 heterocycles. The minimum absolute atomic E-state index is 0.0432. The molecule has 1 aliphatic heterocycles. The fourth-order valence-electron chi connectivity index (χ4n) is 2.32. The molecule has 0 atom stereocenters. The van der Waals surface area contributed by atoms with E-state index in [9.17, 15) is 4.79 Å². The highest BCUT2D eigenvalue weighted by Crippen LogP contribution is 2.25. The number of aliphatic hydroxyl groups is 1. The molecule has 4 heteroatoms. The first-order chi connectivity index (χ1) is 9.28. The van der Waals surface area contributed by atoms with Crippen LogP contribution in [0.15, 0.2) is 24.3 Å². The summed E-state index contributed by atoms with van der Waals surface area (Å²) in [5, 5.41) is 12.0. The van der Waals surface area contributed by atoms with Crippen LogP contribution >= 0.6 is 11.8 Å². The number of thioether (sulfide) groups is 1. The summed E-state index contributed by atoms with van der Waals surface area (Å²) in [5.41, 5.74) is 1.93. The first-order valence-electron chi connectivity index (χ1n) is 6.81. The maximum absolute atomic E-state index is 11.9. The first kappa shape index (κ1) is 14.4. The molecule has 0 unspecified atom stereocenters. The molecule has 104 valence electrons. The standard InChI is InChI=1S/C15H21NO2S/c17-11-14-3-1-2-13(8-14)10-16-15(18)9-12-4-6-19-7-5-12/h1-3,8,12,17H,4-7,9-11H2,(H,16,18). The summed E-state index contributed by atoms with van der Waals surface area (Å²) in [5.74, 6) is 3.09. The highest BCUT2D eigenvalue weighted by atomic mass is 32.2. The Kier molecular flexibility index (Phi) is 5.73. The number of aliphatic hydroxyl groups excluding tert-OH is 1. The van der Waals surface area contributed by atoms with E-state index in [2.05, 4.69) is 5.32 Å². The molecule has 2 rings (SSSR count). The molecule has 0 saturated carbocycles. The number of amides is 1. The van der Waals surface area contributed by atoms with Crippen LogP contribution in [0.3, 0.4) is 0 Å². The smallest absolute Gasteiger partial charge is 0.220 e. The lowest BCUT2D eigenvalue weighted by atomic mass is 9.98. The molecular formula is C15H21NO2S. The largest absolute Gasteiger partial charge is 0.392 e. The Hall–Kier alpha value is -1.00. The average molecular weight is 279 g/mol. The van der Waals surface area contributed by atoms with Crippen LogP contribution in [0.2, 0.25) is 0 Å². The summed E-state index contributed by atoms with van der Waals surface area (Å²) in [6, 6.07) is 7.69. The molecule has 19 heavy (non-hydrogen) atoms. The van der Waals surface area contributed by atoms with Gasteiger partial charge < -0.3 is 10.4 Å². The summed E-state index contributed by atoms with van der Waals surface area (Å²) in [6.45, 7) is 0.593. The van der Waals surface area contributed by atoms with Gasteiger partial charge in [0.05, 0.1) is 6.61 Å². The van der Waals surface area contributed by atoms with Crippen molar-refractivity contribution in [1.82, 2.24) is 5.32 Å². The molecule has 1 aromatic carbocycles. The Morgan fingerprint density at radius 2 is 2.05 bits per heavy atom. The van der Waals surface area contributed by atoms with Crippen molar-refractivity contribution >= 4 is 17.7 Å². The zero-order chi connectivity index (χ0) is 13.5. The second kappa shape index (κ2) is 7.56. The van der Waals surface area contributed by atoms with E-state index in [1.165, 1.54) is 11.5 Å². The third-order valence-corrected chi connectivity index (χ3v) is 4.53. The third kappa shape index (κ3) is 4.88. The van der Waals surface area contributed by atoms with E-state index in [-0.39, 0.29) is 12.5 Å². The Labute approximate surface area is 118 Å². The maximum Gasteiger partial charge on any atom is 0.220 e. The van der Waals surface area contributed by atoms with Gasteiger partial charge in [-0.2, -0.15) is 11.8 Å². The molecule has 0 spiro atoms. The predicted molar refractivity (Wildman–Crippen MR) is 78.9 cm³/mol. The lowest BCUT2D eigenvalue weighted by Crippen LogP contribution is -2.26. The van der Waals surface area contributed by atoms with Crippen molar-refractivity contribution in [1.29, 1.82) is 0 Å². The van der Waals surface area contributed by atoms with Gasteiger partial charge in [-0.3, -0.25) is 4.79 Å². The highest BCUT2D eigenvalue weighted by molar-refractivity contribution is 7.99. The fraction of sp³-hybridized carbons (Fsp3) is 0.533. The predicted octanol–water partition coefficient (Wildman–Crippen LogP) is 2.33. The van der Waals surface area contributed by atoms with Crippen LogP contribution in [0.1, 0.15) is 30.4 Å². The molecule has 0 aromatic heterocycles. The van der Waals surface area contributed by atoms with Crippen molar-refractivity contribution in [2.75, 3.05) is 11.5 Å². The van der Waals surface area contributed by atoms with Gasteiger partial charge in [0.15, 0.2) is 0 Å². The van der Waals surface area contributed by atoms with Gasteiger partial charge >= 0.3 is 0 Å². The van der Waals surface area contributed by atoms with E-state index in [1.54, 1.807) is 0 Å². The molecule has 1 saturated heterocycles. The number of carbonyl (C=O) groups excluding carboxylic acids is 1. The number of hydrogen-bond acceptors (Lipinski definition) is 3.